The van der Waals surface area contributed by atoms with Crippen molar-refractivity contribution in [2.24, 2.45) is 10.3 Å². The van der Waals surface area contributed by atoms with Gasteiger partial charge in [0.15, 0.2) is 0 Å². The van der Waals surface area contributed by atoms with Gasteiger partial charge in [-0.25, -0.2) is 0 Å². The minimum Gasteiger partial charge on any atom is -0.273 e. The summed E-state index contributed by atoms with van der Waals surface area (Å²) in [6.45, 7) is 2.88. The molecule has 5 heteroatoms. The predicted octanol–water partition coefficient (Wildman–Crippen LogP) is 1.95. The van der Waals surface area contributed by atoms with Crippen molar-refractivity contribution in [1.29, 1.82) is 0 Å². The van der Waals surface area contributed by atoms with Crippen molar-refractivity contribution in [1.82, 2.24) is 5.01 Å². The Bertz CT molecular complexity index is 387. The first-order valence-corrected chi connectivity index (χ1v) is 4.84. The number of amides is 2. The first-order chi connectivity index (χ1) is 7.61. The second-order valence-corrected chi connectivity index (χ2v) is 3.22. The van der Waals surface area contributed by atoms with Gasteiger partial charge in [0.05, 0.1) is 6.54 Å². The fourth-order valence-electron chi connectivity index (χ4n) is 1.11. The molecule has 1 rings (SSSR count). The lowest BCUT2D eigenvalue weighted by atomic mass is 10.2. The van der Waals surface area contributed by atoms with E-state index in [1.54, 1.807) is 0 Å². The lowest BCUT2D eigenvalue weighted by Crippen LogP contribution is -2.27. The van der Waals surface area contributed by atoms with Gasteiger partial charge in [-0.15, -0.1) is 5.01 Å². The number of benzene rings is 1. The molecule has 0 saturated carbocycles. The molecule has 2 amide bonds. The molecule has 0 aliphatic carbocycles. The molecule has 0 N–H and O–H groups in total. The molecular weight excluding hydrogens is 206 g/mol. The predicted molar refractivity (Wildman–Crippen MR) is 58.2 cm³/mol. The van der Waals surface area contributed by atoms with E-state index < -0.39 is 11.8 Å². The fourth-order valence-corrected chi connectivity index (χ4v) is 1.11. The Kier molecular flexibility index (Phi) is 4.32. The number of nitrogens with zero attached hydrogens (tertiary/aromatic N) is 3. The topological polar surface area (TPSA) is 62.1 Å². The number of hydrogen-bond donors (Lipinski definition) is 0. The SMILES string of the molecule is CC(=O)N(N=NCc1ccccc1)C(C)=O. The Hall–Kier alpha value is -2.04. The second kappa shape index (κ2) is 5.75. The van der Waals surface area contributed by atoms with Gasteiger partial charge in [0.2, 0.25) is 11.8 Å². The highest BCUT2D eigenvalue weighted by atomic mass is 16.2. The van der Waals surface area contributed by atoms with Gasteiger partial charge in [0.25, 0.3) is 0 Å². The van der Waals surface area contributed by atoms with Crippen molar-refractivity contribution in [2.45, 2.75) is 20.4 Å². The largest absolute Gasteiger partial charge is 0.273 e. The van der Waals surface area contributed by atoms with Crippen LogP contribution in [-0.2, 0) is 16.1 Å². The number of rotatable bonds is 3. The molecule has 0 heterocycles. The van der Waals surface area contributed by atoms with Crippen molar-refractivity contribution in [3.8, 4) is 0 Å². The summed E-state index contributed by atoms with van der Waals surface area (Å²) >= 11 is 0. The van der Waals surface area contributed by atoms with E-state index in [-0.39, 0.29) is 0 Å². The van der Waals surface area contributed by atoms with Crippen LogP contribution in [0.5, 0.6) is 0 Å². The Morgan fingerprint density at radius 2 is 1.69 bits per heavy atom. The van der Waals surface area contributed by atoms with Gasteiger partial charge in [-0.05, 0) is 5.56 Å². The fraction of sp³-hybridized carbons (Fsp3) is 0.273. The Morgan fingerprint density at radius 1 is 1.12 bits per heavy atom. The third-order valence-electron chi connectivity index (χ3n) is 1.85. The zero-order chi connectivity index (χ0) is 12.0. The Balaban J connectivity index is 2.60. The molecule has 84 valence electrons. The van der Waals surface area contributed by atoms with Gasteiger partial charge >= 0.3 is 0 Å². The zero-order valence-corrected chi connectivity index (χ0v) is 9.25. The van der Waals surface area contributed by atoms with Crippen molar-refractivity contribution in [3.05, 3.63) is 35.9 Å². The molecule has 0 saturated heterocycles. The Morgan fingerprint density at radius 3 is 2.19 bits per heavy atom. The maximum Gasteiger partial charge on any atom is 0.248 e. The molecule has 1 aromatic carbocycles. The first-order valence-electron chi connectivity index (χ1n) is 4.84. The second-order valence-electron chi connectivity index (χ2n) is 3.22. The molecule has 1 aromatic rings. The summed E-state index contributed by atoms with van der Waals surface area (Å²) < 4.78 is 0. The van der Waals surface area contributed by atoms with Gasteiger partial charge in [0.1, 0.15) is 0 Å². The van der Waals surface area contributed by atoms with E-state index in [1.807, 2.05) is 30.3 Å². The number of carbonyl (C=O) groups is 2. The van der Waals surface area contributed by atoms with E-state index in [2.05, 4.69) is 10.3 Å². The first kappa shape index (κ1) is 12.0. The van der Waals surface area contributed by atoms with Crippen molar-refractivity contribution in [3.63, 3.8) is 0 Å². The smallest absolute Gasteiger partial charge is 0.248 e. The van der Waals surface area contributed by atoms with Crippen LogP contribution < -0.4 is 0 Å². The number of imide groups is 1. The number of hydrogen-bond acceptors (Lipinski definition) is 4. The van der Waals surface area contributed by atoms with E-state index in [0.717, 1.165) is 10.6 Å². The van der Waals surface area contributed by atoms with Crippen LogP contribution in [0, 0.1) is 0 Å². The molecular formula is C11H13N3O2. The van der Waals surface area contributed by atoms with Crippen LogP contribution in [-0.4, -0.2) is 16.8 Å². The molecule has 0 fully saturated rings. The molecule has 0 radical (unpaired) electrons. The molecule has 0 aromatic heterocycles. The molecule has 5 nitrogen and oxygen atoms in total. The molecule has 16 heavy (non-hydrogen) atoms. The van der Waals surface area contributed by atoms with Crippen LogP contribution in [0.15, 0.2) is 40.7 Å². The highest BCUT2D eigenvalue weighted by Gasteiger charge is 2.11. The lowest BCUT2D eigenvalue weighted by molar-refractivity contribution is -0.142. The lowest BCUT2D eigenvalue weighted by Gasteiger charge is -2.07. The molecule has 0 aliphatic rings. The van der Waals surface area contributed by atoms with E-state index in [0.29, 0.717) is 6.54 Å². The van der Waals surface area contributed by atoms with Crippen LogP contribution in [0.25, 0.3) is 0 Å². The van der Waals surface area contributed by atoms with Crippen molar-refractivity contribution >= 4 is 11.8 Å². The van der Waals surface area contributed by atoms with Crippen LogP contribution in [0.2, 0.25) is 0 Å². The van der Waals surface area contributed by atoms with Crippen LogP contribution >= 0.6 is 0 Å². The van der Waals surface area contributed by atoms with Gasteiger partial charge < -0.3 is 0 Å². The summed E-state index contributed by atoms with van der Waals surface area (Å²) in [5.74, 6) is -0.881. The van der Waals surface area contributed by atoms with Gasteiger partial charge in [-0.1, -0.05) is 35.6 Å². The highest BCUT2D eigenvalue weighted by Crippen LogP contribution is 2.02. The van der Waals surface area contributed by atoms with Crippen molar-refractivity contribution < 1.29 is 9.59 Å². The molecule has 0 atom stereocenters. The van der Waals surface area contributed by atoms with Crippen molar-refractivity contribution in [2.75, 3.05) is 0 Å². The zero-order valence-electron chi connectivity index (χ0n) is 9.25. The summed E-state index contributed by atoms with van der Waals surface area (Å²) in [6.07, 6.45) is 0. The number of carbonyl (C=O) groups excluding carboxylic acids is 2. The molecule has 0 unspecified atom stereocenters. The Labute approximate surface area is 93.8 Å². The third kappa shape index (κ3) is 3.61. The normalized spacial score (nSPS) is 10.4. The van der Waals surface area contributed by atoms with Gasteiger partial charge in [-0.2, -0.15) is 5.11 Å². The standard InChI is InChI=1S/C11H13N3O2/c1-9(15)14(10(2)16)13-12-8-11-6-4-3-5-7-11/h3-7H,8H2,1-2H3. The van der Waals surface area contributed by atoms with E-state index in [4.69, 9.17) is 0 Å². The average molecular weight is 219 g/mol. The van der Waals surface area contributed by atoms with Crippen LogP contribution in [0.1, 0.15) is 19.4 Å². The minimum absolute atomic E-state index is 0.345. The molecule has 0 aliphatic heterocycles. The van der Waals surface area contributed by atoms with E-state index >= 15 is 0 Å². The summed E-state index contributed by atoms with van der Waals surface area (Å²) in [5.41, 5.74) is 0.971. The highest BCUT2D eigenvalue weighted by molar-refractivity contribution is 5.92. The monoisotopic (exact) mass is 219 g/mol. The van der Waals surface area contributed by atoms with Gasteiger partial charge in [-0.3, -0.25) is 9.59 Å². The maximum absolute atomic E-state index is 11.0. The van der Waals surface area contributed by atoms with Gasteiger partial charge in [0, 0.05) is 13.8 Å². The molecule has 0 spiro atoms. The maximum atomic E-state index is 11.0. The van der Waals surface area contributed by atoms with Crippen LogP contribution in [0.3, 0.4) is 0 Å². The molecule has 0 bridgehead atoms. The minimum atomic E-state index is -0.440. The van der Waals surface area contributed by atoms with Crippen LogP contribution in [0.4, 0.5) is 0 Å². The van der Waals surface area contributed by atoms with E-state index in [9.17, 15) is 9.59 Å². The quantitative estimate of drug-likeness (QED) is 0.576. The van der Waals surface area contributed by atoms with E-state index in [1.165, 1.54) is 13.8 Å². The average Bonchev–Trinajstić information content (AvgIpc) is 2.24. The summed E-state index contributed by atoms with van der Waals surface area (Å²) in [5, 5.41) is 8.11. The summed E-state index contributed by atoms with van der Waals surface area (Å²) in [4.78, 5) is 22.0. The summed E-state index contributed by atoms with van der Waals surface area (Å²) in [7, 11) is 0. The third-order valence-corrected chi connectivity index (χ3v) is 1.85. The summed E-state index contributed by atoms with van der Waals surface area (Å²) in [6, 6.07) is 9.46.